The lowest BCUT2D eigenvalue weighted by atomic mass is 9.65. The zero-order valence-corrected chi connectivity index (χ0v) is 16.6. The number of hydrogen-bond acceptors (Lipinski definition) is 0. The van der Waals surface area contributed by atoms with Gasteiger partial charge in [0.1, 0.15) is 0 Å². The second-order valence-corrected chi connectivity index (χ2v) is 7.62. The van der Waals surface area contributed by atoms with E-state index in [2.05, 4.69) is 105 Å². The van der Waals surface area contributed by atoms with Gasteiger partial charge in [-0.25, -0.2) is 0 Å². The molecule has 2 aromatic carbocycles. The summed E-state index contributed by atoms with van der Waals surface area (Å²) in [6, 6.07) is 22.4. The van der Waals surface area contributed by atoms with Crippen LogP contribution in [0.3, 0.4) is 0 Å². The van der Waals surface area contributed by atoms with Crippen molar-refractivity contribution in [1.82, 2.24) is 0 Å². The molecule has 0 radical (unpaired) electrons. The highest BCUT2D eigenvalue weighted by Gasteiger charge is 2.48. The molecule has 1 atom stereocenters. The fraction of sp³-hybridized carbons (Fsp3) is 0.269. The van der Waals surface area contributed by atoms with Crippen molar-refractivity contribution in [3.05, 3.63) is 90.6 Å². The molecule has 27 heavy (non-hydrogen) atoms. The highest BCUT2D eigenvalue weighted by atomic mass is 15.0. The Kier molecular flexibility index (Phi) is 4.47. The number of pyridine rings is 1. The monoisotopic (exact) mass is 354 g/mol. The van der Waals surface area contributed by atoms with Crippen LogP contribution >= 0.6 is 0 Å². The number of aryl methyl sites for hydroxylation is 1. The molecule has 2 heterocycles. The van der Waals surface area contributed by atoms with E-state index in [1.165, 1.54) is 33.5 Å². The molecule has 0 N–H and O–H groups in total. The van der Waals surface area contributed by atoms with Gasteiger partial charge in [0.2, 0.25) is 5.69 Å². The fourth-order valence-corrected chi connectivity index (χ4v) is 5.00. The highest BCUT2D eigenvalue weighted by Crippen LogP contribution is 2.49. The Hall–Kier alpha value is -2.67. The third-order valence-electron chi connectivity index (χ3n) is 6.50. The van der Waals surface area contributed by atoms with Gasteiger partial charge < -0.3 is 0 Å². The van der Waals surface area contributed by atoms with Crippen LogP contribution in [0.4, 0.5) is 0 Å². The van der Waals surface area contributed by atoms with Gasteiger partial charge in [-0.05, 0) is 66.3 Å². The molecule has 0 spiro atoms. The molecule has 4 rings (SSSR count). The molecule has 1 heteroatoms. The topological polar surface area (TPSA) is 3.88 Å². The minimum atomic E-state index is 0.0628. The number of nitrogens with zero attached hydrogens (tertiary/aromatic N) is 1. The number of benzene rings is 2. The van der Waals surface area contributed by atoms with Gasteiger partial charge in [0.15, 0.2) is 12.2 Å². The van der Waals surface area contributed by atoms with Gasteiger partial charge >= 0.3 is 0 Å². The van der Waals surface area contributed by atoms with Crippen molar-refractivity contribution in [2.75, 3.05) is 0 Å². The van der Waals surface area contributed by atoms with Crippen LogP contribution in [0.1, 0.15) is 43.9 Å². The van der Waals surface area contributed by atoms with Crippen molar-refractivity contribution in [2.24, 2.45) is 0 Å². The molecule has 0 aliphatic carbocycles. The Bertz CT molecular complexity index is 980. The van der Waals surface area contributed by atoms with Gasteiger partial charge in [-0.3, -0.25) is 0 Å². The van der Waals surface area contributed by atoms with Crippen LogP contribution in [0.25, 0.3) is 22.4 Å². The van der Waals surface area contributed by atoms with Crippen molar-refractivity contribution in [3.63, 3.8) is 0 Å². The van der Waals surface area contributed by atoms with E-state index in [1.54, 1.807) is 0 Å². The van der Waals surface area contributed by atoms with Crippen molar-refractivity contribution in [2.45, 2.75) is 45.1 Å². The summed E-state index contributed by atoms with van der Waals surface area (Å²) in [4.78, 5) is 0. The van der Waals surface area contributed by atoms with E-state index in [1.807, 2.05) is 0 Å². The highest BCUT2D eigenvalue weighted by molar-refractivity contribution is 5.76. The van der Waals surface area contributed by atoms with E-state index in [4.69, 9.17) is 0 Å². The maximum Gasteiger partial charge on any atom is 0.213 e. The van der Waals surface area contributed by atoms with Crippen molar-refractivity contribution < 1.29 is 4.57 Å². The zero-order valence-electron chi connectivity index (χ0n) is 16.6. The predicted molar refractivity (Wildman–Crippen MR) is 114 cm³/mol. The summed E-state index contributed by atoms with van der Waals surface area (Å²) < 4.78 is 2.42. The Labute approximate surface area is 163 Å². The first kappa shape index (κ1) is 17.7. The minimum Gasteiger partial charge on any atom is -0.191 e. The molecule has 0 bridgehead atoms. The molecule has 1 aliphatic heterocycles. The SMILES string of the molecule is C=CC1[n+]2ccccc2-c2cc(C)c(-c3ccccc3)cc2C1(CC)CC. The fourth-order valence-electron chi connectivity index (χ4n) is 5.00. The van der Waals surface area contributed by atoms with Crippen molar-refractivity contribution >= 4 is 0 Å². The van der Waals surface area contributed by atoms with E-state index in [0.717, 1.165) is 12.8 Å². The van der Waals surface area contributed by atoms with Crippen LogP contribution in [0.2, 0.25) is 0 Å². The molecule has 3 aromatic rings. The smallest absolute Gasteiger partial charge is 0.191 e. The number of rotatable bonds is 4. The normalized spacial score (nSPS) is 17.1. The van der Waals surface area contributed by atoms with Crippen LogP contribution in [0.5, 0.6) is 0 Å². The molecule has 1 unspecified atom stereocenters. The first-order chi connectivity index (χ1) is 13.2. The molecule has 1 aliphatic rings. The van der Waals surface area contributed by atoms with E-state index in [0.29, 0.717) is 0 Å². The van der Waals surface area contributed by atoms with Gasteiger partial charge in [0.25, 0.3) is 0 Å². The van der Waals surface area contributed by atoms with E-state index in [9.17, 15) is 0 Å². The predicted octanol–water partition coefficient (Wildman–Crippen LogP) is 6.42. The Morgan fingerprint density at radius 2 is 1.67 bits per heavy atom. The molecule has 1 nitrogen and oxygen atoms in total. The Morgan fingerprint density at radius 3 is 2.33 bits per heavy atom. The summed E-state index contributed by atoms with van der Waals surface area (Å²) in [5.41, 5.74) is 8.15. The van der Waals surface area contributed by atoms with Gasteiger partial charge in [-0.15, -0.1) is 0 Å². The Morgan fingerprint density at radius 1 is 0.963 bits per heavy atom. The van der Waals surface area contributed by atoms with Crippen LogP contribution < -0.4 is 4.57 Å². The summed E-state index contributed by atoms with van der Waals surface area (Å²) in [7, 11) is 0. The second-order valence-electron chi connectivity index (χ2n) is 7.62. The van der Waals surface area contributed by atoms with Gasteiger partial charge in [-0.2, -0.15) is 4.57 Å². The molecule has 0 saturated carbocycles. The minimum absolute atomic E-state index is 0.0628. The molecule has 0 saturated heterocycles. The molecule has 136 valence electrons. The second kappa shape index (κ2) is 6.81. The van der Waals surface area contributed by atoms with Crippen molar-refractivity contribution in [3.8, 4) is 22.4 Å². The Balaban J connectivity index is 2.07. The summed E-state index contributed by atoms with van der Waals surface area (Å²) in [5.74, 6) is 0. The van der Waals surface area contributed by atoms with E-state index >= 15 is 0 Å². The number of hydrogen-bond donors (Lipinski definition) is 0. The third kappa shape index (κ3) is 2.56. The number of allylic oxidation sites excluding steroid dienone is 1. The lowest BCUT2D eigenvalue weighted by Gasteiger charge is -2.40. The van der Waals surface area contributed by atoms with Gasteiger partial charge in [0.05, 0.1) is 11.0 Å². The summed E-state index contributed by atoms with van der Waals surface area (Å²) in [6.45, 7) is 11.1. The van der Waals surface area contributed by atoms with Crippen LogP contribution in [0, 0.1) is 6.92 Å². The van der Waals surface area contributed by atoms with Crippen LogP contribution in [-0.4, -0.2) is 0 Å². The quantitative estimate of drug-likeness (QED) is 0.376. The summed E-state index contributed by atoms with van der Waals surface area (Å²) >= 11 is 0. The maximum absolute atomic E-state index is 4.22. The summed E-state index contributed by atoms with van der Waals surface area (Å²) in [5, 5.41) is 0. The van der Waals surface area contributed by atoms with E-state index in [-0.39, 0.29) is 11.5 Å². The summed E-state index contributed by atoms with van der Waals surface area (Å²) in [6.07, 6.45) is 6.53. The molecule has 0 amide bonds. The molecule has 0 fully saturated rings. The lowest BCUT2D eigenvalue weighted by molar-refractivity contribution is -0.713. The maximum atomic E-state index is 4.22. The van der Waals surface area contributed by atoms with Crippen LogP contribution in [-0.2, 0) is 5.41 Å². The standard InChI is InChI=1S/C26H28N/c1-5-25-26(6-2,7-3)23-18-21(20-13-9-8-10-14-20)19(4)17-22(23)24-15-11-12-16-27(24)25/h5,8-18,25H,1,6-7H2,2-4H3/q+1. The third-order valence-corrected chi connectivity index (χ3v) is 6.50. The zero-order chi connectivity index (χ0) is 19.0. The molecular weight excluding hydrogens is 326 g/mol. The average Bonchev–Trinajstić information content (AvgIpc) is 2.73. The first-order valence-electron chi connectivity index (χ1n) is 10.00. The van der Waals surface area contributed by atoms with Crippen molar-refractivity contribution in [1.29, 1.82) is 0 Å². The van der Waals surface area contributed by atoms with E-state index < -0.39 is 0 Å². The lowest BCUT2D eigenvalue weighted by Crippen LogP contribution is -2.54. The van der Waals surface area contributed by atoms with Gasteiger partial charge in [0, 0.05) is 12.1 Å². The number of fused-ring (bicyclic) bond motifs is 3. The van der Waals surface area contributed by atoms with Gasteiger partial charge in [-0.1, -0.05) is 50.8 Å². The molecule has 1 aromatic heterocycles. The van der Waals surface area contributed by atoms with Crippen LogP contribution in [0.15, 0.2) is 79.5 Å². The average molecular weight is 355 g/mol. The molecular formula is C26H28N+. The first-order valence-corrected chi connectivity index (χ1v) is 10.00. The number of aromatic nitrogens is 1. The largest absolute Gasteiger partial charge is 0.213 e.